The second kappa shape index (κ2) is 9.40. The quantitative estimate of drug-likeness (QED) is 0.366. The van der Waals surface area contributed by atoms with E-state index in [-0.39, 0.29) is 0 Å². The van der Waals surface area contributed by atoms with Crippen molar-refractivity contribution in [2.24, 2.45) is 0 Å². The van der Waals surface area contributed by atoms with Gasteiger partial charge in [0.2, 0.25) is 0 Å². The van der Waals surface area contributed by atoms with Crippen LogP contribution in [0.3, 0.4) is 0 Å². The van der Waals surface area contributed by atoms with Gasteiger partial charge in [-0.15, -0.1) is 0 Å². The molecule has 0 aromatic heterocycles. The van der Waals surface area contributed by atoms with Crippen molar-refractivity contribution < 1.29 is 4.74 Å². The molecule has 0 atom stereocenters. The highest BCUT2D eigenvalue weighted by Gasteiger charge is 2.12. The topological polar surface area (TPSA) is 12.5 Å². The Labute approximate surface area is 173 Å². The molecule has 0 radical (unpaired) electrons. The molecule has 0 saturated heterocycles. The van der Waals surface area contributed by atoms with E-state index in [2.05, 4.69) is 102 Å². The number of ether oxygens (including phenoxy) is 1. The van der Waals surface area contributed by atoms with Crippen molar-refractivity contribution in [2.45, 2.75) is 19.5 Å². The number of rotatable bonds is 8. The van der Waals surface area contributed by atoms with Gasteiger partial charge in [-0.05, 0) is 34.6 Å². The van der Waals surface area contributed by atoms with E-state index >= 15 is 0 Å². The molecule has 0 spiro atoms. The van der Waals surface area contributed by atoms with Crippen LogP contribution in [0, 0.1) is 0 Å². The van der Waals surface area contributed by atoms with Gasteiger partial charge in [0.15, 0.2) is 0 Å². The van der Waals surface area contributed by atoms with E-state index in [1.807, 2.05) is 0 Å². The van der Waals surface area contributed by atoms with Gasteiger partial charge in [-0.2, -0.15) is 0 Å². The highest BCUT2D eigenvalue weighted by Crippen LogP contribution is 2.29. The second-order valence-electron chi connectivity index (χ2n) is 7.40. The van der Waals surface area contributed by atoms with E-state index in [4.69, 9.17) is 4.74 Å². The number of nitrogens with zero attached hydrogens (tertiary/aromatic N) is 1. The molecule has 4 aromatic rings. The number of fused-ring (bicyclic) bond motifs is 1. The van der Waals surface area contributed by atoms with Gasteiger partial charge in [0.05, 0.1) is 7.11 Å². The van der Waals surface area contributed by atoms with Gasteiger partial charge in [-0.25, -0.2) is 0 Å². The third-order valence-corrected chi connectivity index (χ3v) is 5.40. The molecule has 0 fully saturated rings. The largest absolute Gasteiger partial charge is 0.496 e. The smallest absolute Gasteiger partial charge is 0.126 e. The van der Waals surface area contributed by atoms with Crippen LogP contribution >= 0.6 is 0 Å². The Balaban J connectivity index is 1.60. The minimum Gasteiger partial charge on any atom is -0.496 e. The Morgan fingerprint density at radius 3 is 1.93 bits per heavy atom. The lowest BCUT2D eigenvalue weighted by Crippen LogP contribution is -2.25. The van der Waals surface area contributed by atoms with Crippen molar-refractivity contribution in [3.8, 4) is 5.75 Å². The van der Waals surface area contributed by atoms with E-state index in [0.717, 1.165) is 31.8 Å². The molecule has 0 aliphatic heterocycles. The summed E-state index contributed by atoms with van der Waals surface area (Å²) in [5.74, 6) is 0.934. The first-order chi connectivity index (χ1) is 14.3. The molecule has 2 nitrogen and oxygen atoms in total. The van der Waals surface area contributed by atoms with E-state index < -0.39 is 0 Å². The maximum atomic E-state index is 5.57. The summed E-state index contributed by atoms with van der Waals surface area (Å²) >= 11 is 0. The fourth-order valence-corrected chi connectivity index (χ4v) is 3.88. The maximum Gasteiger partial charge on any atom is 0.126 e. The van der Waals surface area contributed by atoms with Crippen LogP contribution in [0.5, 0.6) is 5.75 Å². The molecule has 0 bridgehead atoms. The van der Waals surface area contributed by atoms with Gasteiger partial charge in [-0.1, -0.05) is 91.0 Å². The van der Waals surface area contributed by atoms with E-state index in [9.17, 15) is 0 Å². The minimum absolute atomic E-state index is 0.909. The average Bonchev–Trinajstić information content (AvgIpc) is 2.79. The molecule has 0 aliphatic carbocycles. The molecule has 0 unspecified atom stereocenters. The molecule has 0 heterocycles. The zero-order valence-electron chi connectivity index (χ0n) is 16.9. The summed E-state index contributed by atoms with van der Waals surface area (Å²) in [7, 11) is 1.74. The first kappa shape index (κ1) is 19.2. The lowest BCUT2D eigenvalue weighted by Gasteiger charge is -2.24. The fraction of sp³-hybridized carbons (Fsp3) is 0.185. The standard InChI is InChI=1S/C27H27NO/c1-29-27-17-16-24(25-14-8-9-15-26(25)27)21-28(20-23-12-6-3-7-13-23)19-18-22-10-4-2-5-11-22/h2-17H,18-21H2,1H3. The Hall–Kier alpha value is -3.10. The number of hydrogen-bond donors (Lipinski definition) is 0. The summed E-state index contributed by atoms with van der Waals surface area (Å²) in [6.07, 6.45) is 1.04. The van der Waals surface area contributed by atoms with Crippen LogP contribution in [0.15, 0.2) is 97.1 Å². The molecule has 2 heteroatoms. The molecular weight excluding hydrogens is 354 g/mol. The van der Waals surface area contributed by atoms with Gasteiger partial charge in [0, 0.05) is 25.0 Å². The summed E-state index contributed by atoms with van der Waals surface area (Å²) in [6.45, 7) is 2.86. The van der Waals surface area contributed by atoms with Crippen molar-refractivity contribution >= 4 is 10.8 Å². The average molecular weight is 382 g/mol. The Bertz CT molecular complexity index is 1040. The summed E-state index contributed by atoms with van der Waals surface area (Å²) in [6, 6.07) is 34.3. The van der Waals surface area contributed by atoms with Crippen LogP contribution in [0.1, 0.15) is 16.7 Å². The molecule has 0 aliphatic rings. The highest BCUT2D eigenvalue weighted by molar-refractivity contribution is 5.91. The monoisotopic (exact) mass is 381 g/mol. The van der Waals surface area contributed by atoms with Crippen LogP contribution in [0.4, 0.5) is 0 Å². The molecule has 0 amide bonds. The first-order valence-corrected chi connectivity index (χ1v) is 10.2. The Kier molecular flexibility index (Phi) is 6.23. The van der Waals surface area contributed by atoms with E-state index in [0.29, 0.717) is 0 Å². The normalized spacial score (nSPS) is 11.1. The minimum atomic E-state index is 0.909. The lowest BCUT2D eigenvalue weighted by molar-refractivity contribution is 0.261. The third kappa shape index (κ3) is 4.85. The van der Waals surface area contributed by atoms with Gasteiger partial charge < -0.3 is 4.74 Å². The van der Waals surface area contributed by atoms with Crippen molar-refractivity contribution in [3.05, 3.63) is 114 Å². The summed E-state index contributed by atoms with van der Waals surface area (Å²) in [4.78, 5) is 2.54. The molecule has 0 N–H and O–H groups in total. The van der Waals surface area contributed by atoms with Crippen LogP contribution in [-0.4, -0.2) is 18.6 Å². The van der Waals surface area contributed by atoms with Gasteiger partial charge in [0.1, 0.15) is 5.75 Å². The Morgan fingerprint density at radius 1 is 0.621 bits per heavy atom. The number of benzene rings is 4. The van der Waals surface area contributed by atoms with Crippen LogP contribution in [0.2, 0.25) is 0 Å². The maximum absolute atomic E-state index is 5.57. The summed E-state index contributed by atoms with van der Waals surface area (Å²) < 4.78 is 5.57. The number of hydrogen-bond acceptors (Lipinski definition) is 2. The SMILES string of the molecule is COc1ccc(CN(CCc2ccccc2)Cc2ccccc2)c2ccccc12. The molecule has 4 rings (SSSR count). The zero-order valence-corrected chi connectivity index (χ0v) is 16.9. The predicted molar refractivity (Wildman–Crippen MR) is 121 cm³/mol. The molecular formula is C27H27NO. The van der Waals surface area contributed by atoms with Crippen LogP contribution in [0.25, 0.3) is 10.8 Å². The molecule has 29 heavy (non-hydrogen) atoms. The molecule has 0 saturated carbocycles. The van der Waals surface area contributed by atoms with Gasteiger partial charge in [0.25, 0.3) is 0 Å². The van der Waals surface area contributed by atoms with E-state index in [1.54, 1.807) is 7.11 Å². The van der Waals surface area contributed by atoms with Crippen molar-refractivity contribution in [2.75, 3.05) is 13.7 Å². The van der Waals surface area contributed by atoms with Crippen molar-refractivity contribution in [1.29, 1.82) is 0 Å². The second-order valence-corrected chi connectivity index (χ2v) is 7.40. The molecule has 4 aromatic carbocycles. The van der Waals surface area contributed by atoms with Crippen molar-refractivity contribution in [3.63, 3.8) is 0 Å². The number of methoxy groups -OCH3 is 1. The van der Waals surface area contributed by atoms with Crippen molar-refractivity contribution in [1.82, 2.24) is 4.90 Å². The summed E-state index contributed by atoms with van der Waals surface area (Å²) in [5, 5.41) is 2.44. The lowest BCUT2D eigenvalue weighted by atomic mass is 10.0. The first-order valence-electron chi connectivity index (χ1n) is 10.2. The third-order valence-electron chi connectivity index (χ3n) is 5.40. The van der Waals surface area contributed by atoms with Gasteiger partial charge in [-0.3, -0.25) is 4.90 Å². The zero-order chi connectivity index (χ0) is 19.9. The van der Waals surface area contributed by atoms with Crippen LogP contribution < -0.4 is 4.74 Å². The predicted octanol–water partition coefficient (Wildman–Crippen LogP) is 6.09. The Morgan fingerprint density at radius 2 is 1.24 bits per heavy atom. The molecule has 146 valence electrons. The van der Waals surface area contributed by atoms with Gasteiger partial charge >= 0.3 is 0 Å². The van der Waals surface area contributed by atoms with Crippen LogP contribution in [-0.2, 0) is 19.5 Å². The highest BCUT2D eigenvalue weighted by atomic mass is 16.5. The van der Waals surface area contributed by atoms with E-state index in [1.165, 1.54) is 27.5 Å². The fourth-order valence-electron chi connectivity index (χ4n) is 3.88. The summed E-state index contributed by atoms with van der Waals surface area (Å²) in [5.41, 5.74) is 4.06.